The number of rotatable bonds is 9. The van der Waals surface area contributed by atoms with Gasteiger partial charge in [-0.15, -0.1) is 0 Å². The minimum atomic E-state index is 0.0133. The molecule has 0 saturated heterocycles. The van der Waals surface area contributed by atoms with Crippen molar-refractivity contribution in [2.45, 2.75) is 90.9 Å². The van der Waals surface area contributed by atoms with Gasteiger partial charge >= 0.3 is 0 Å². The van der Waals surface area contributed by atoms with Gasteiger partial charge < -0.3 is 5.11 Å². The van der Waals surface area contributed by atoms with Crippen LogP contribution < -0.4 is 0 Å². The molecule has 1 N–H and O–H groups in total. The second-order valence-electron chi connectivity index (χ2n) is 7.33. The molecule has 0 heterocycles. The first-order valence-corrected chi connectivity index (χ1v) is 8.77. The Morgan fingerprint density at radius 3 is 2.00 bits per heavy atom. The number of phenolic OH excluding ortho intramolecular Hbond substituents is 1. The molecule has 0 amide bonds. The molecule has 1 nitrogen and oxygen atoms in total. The molecule has 0 unspecified atom stereocenters. The van der Waals surface area contributed by atoms with Crippen LogP contribution in [0.5, 0.6) is 5.75 Å². The zero-order valence-corrected chi connectivity index (χ0v) is 14.5. The fourth-order valence-corrected chi connectivity index (χ4v) is 2.80. The lowest BCUT2D eigenvalue weighted by molar-refractivity contribution is 0.446. The molecule has 0 aromatic heterocycles. The monoisotopic (exact) mass is 290 g/mol. The first kappa shape index (κ1) is 18.1. The van der Waals surface area contributed by atoms with Crippen molar-refractivity contribution in [3.63, 3.8) is 0 Å². The number of benzene rings is 1. The van der Waals surface area contributed by atoms with Crippen LogP contribution in [0.1, 0.15) is 90.2 Å². The van der Waals surface area contributed by atoms with Gasteiger partial charge in [0.15, 0.2) is 0 Å². The molecule has 0 aliphatic carbocycles. The highest BCUT2D eigenvalue weighted by Crippen LogP contribution is 2.31. The third-order valence-corrected chi connectivity index (χ3v) is 4.19. The fourth-order valence-electron chi connectivity index (χ4n) is 2.80. The van der Waals surface area contributed by atoms with E-state index in [1.54, 1.807) is 0 Å². The molecule has 120 valence electrons. The van der Waals surface area contributed by atoms with Crippen molar-refractivity contribution in [3.05, 3.63) is 29.3 Å². The van der Waals surface area contributed by atoms with Gasteiger partial charge in [-0.3, -0.25) is 0 Å². The molecule has 21 heavy (non-hydrogen) atoms. The Hall–Kier alpha value is -0.980. The molecule has 1 rings (SSSR count). The van der Waals surface area contributed by atoms with Crippen LogP contribution in [0.2, 0.25) is 0 Å². The molecular weight excluding hydrogens is 256 g/mol. The lowest BCUT2D eigenvalue weighted by Gasteiger charge is -2.21. The predicted octanol–water partition coefficient (Wildman–Crippen LogP) is 6.37. The Morgan fingerprint density at radius 2 is 1.43 bits per heavy atom. The average Bonchev–Trinajstić information content (AvgIpc) is 2.42. The van der Waals surface area contributed by atoms with Crippen molar-refractivity contribution < 1.29 is 5.11 Å². The molecule has 1 aromatic rings. The van der Waals surface area contributed by atoms with E-state index in [2.05, 4.69) is 39.8 Å². The summed E-state index contributed by atoms with van der Waals surface area (Å²) in [4.78, 5) is 0. The van der Waals surface area contributed by atoms with Crippen LogP contribution in [-0.2, 0) is 11.8 Å². The quantitative estimate of drug-likeness (QED) is 0.524. The number of aryl methyl sites for hydroxylation is 1. The SMILES string of the molecule is CCCCCCCCCCc1ccc(O)c(C(C)(C)C)c1. The maximum Gasteiger partial charge on any atom is 0.119 e. The van der Waals surface area contributed by atoms with E-state index < -0.39 is 0 Å². The van der Waals surface area contributed by atoms with E-state index in [1.807, 2.05) is 6.07 Å². The summed E-state index contributed by atoms with van der Waals surface area (Å²) in [7, 11) is 0. The van der Waals surface area contributed by atoms with E-state index in [9.17, 15) is 5.11 Å². The molecule has 0 aliphatic rings. The Morgan fingerprint density at radius 1 is 0.857 bits per heavy atom. The standard InChI is InChI=1S/C20H34O/c1-5-6-7-8-9-10-11-12-13-17-14-15-19(21)18(16-17)20(2,3)4/h14-16,21H,5-13H2,1-4H3. The molecule has 0 spiro atoms. The van der Waals surface area contributed by atoms with Crippen LogP contribution in [0.25, 0.3) is 0 Å². The van der Waals surface area contributed by atoms with Crippen molar-refractivity contribution in [3.8, 4) is 5.75 Å². The third-order valence-electron chi connectivity index (χ3n) is 4.19. The molecule has 0 saturated carbocycles. The molecule has 0 atom stereocenters. The average molecular weight is 290 g/mol. The molecule has 1 heteroatoms. The summed E-state index contributed by atoms with van der Waals surface area (Å²) in [6.45, 7) is 8.73. The van der Waals surface area contributed by atoms with Gasteiger partial charge in [-0.05, 0) is 35.4 Å². The van der Waals surface area contributed by atoms with Crippen LogP contribution in [0.4, 0.5) is 0 Å². The number of unbranched alkanes of at least 4 members (excludes halogenated alkanes) is 7. The normalized spacial score (nSPS) is 11.8. The number of aromatic hydroxyl groups is 1. The van der Waals surface area contributed by atoms with Crippen LogP contribution in [-0.4, -0.2) is 5.11 Å². The van der Waals surface area contributed by atoms with Crippen LogP contribution in [0.3, 0.4) is 0 Å². The summed E-state index contributed by atoms with van der Waals surface area (Å²) in [6.07, 6.45) is 12.0. The van der Waals surface area contributed by atoms with Gasteiger partial charge in [-0.25, -0.2) is 0 Å². The van der Waals surface area contributed by atoms with Crippen LogP contribution >= 0.6 is 0 Å². The van der Waals surface area contributed by atoms with E-state index in [0.29, 0.717) is 5.75 Å². The summed E-state index contributed by atoms with van der Waals surface area (Å²) in [5.41, 5.74) is 2.45. The lowest BCUT2D eigenvalue weighted by Crippen LogP contribution is -2.11. The van der Waals surface area contributed by atoms with Gasteiger partial charge in [0.2, 0.25) is 0 Å². The third kappa shape index (κ3) is 7.02. The maximum absolute atomic E-state index is 9.98. The van der Waals surface area contributed by atoms with E-state index >= 15 is 0 Å². The number of hydrogen-bond donors (Lipinski definition) is 1. The fraction of sp³-hybridized carbons (Fsp3) is 0.700. The first-order chi connectivity index (χ1) is 9.95. The summed E-state index contributed by atoms with van der Waals surface area (Å²) in [6, 6.07) is 6.13. The van der Waals surface area contributed by atoms with Gasteiger partial charge in [0.05, 0.1) is 0 Å². The van der Waals surface area contributed by atoms with Gasteiger partial charge in [0.1, 0.15) is 5.75 Å². The van der Waals surface area contributed by atoms with Crippen LogP contribution in [0, 0.1) is 0 Å². The van der Waals surface area contributed by atoms with Gasteiger partial charge in [0, 0.05) is 0 Å². The van der Waals surface area contributed by atoms with E-state index in [1.165, 1.54) is 56.9 Å². The van der Waals surface area contributed by atoms with Crippen molar-refractivity contribution in [1.82, 2.24) is 0 Å². The summed E-state index contributed by atoms with van der Waals surface area (Å²) in [5.74, 6) is 0.433. The Kier molecular flexibility index (Phi) is 7.85. The molecule has 0 fully saturated rings. The lowest BCUT2D eigenvalue weighted by atomic mass is 9.85. The molecule has 0 radical (unpaired) electrons. The minimum Gasteiger partial charge on any atom is -0.508 e. The van der Waals surface area contributed by atoms with E-state index in [-0.39, 0.29) is 5.41 Å². The Labute approximate surface area is 131 Å². The highest BCUT2D eigenvalue weighted by Gasteiger charge is 2.18. The second-order valence-corrected chi connectivity index (χ2v) is 7.33. The van der Waals surface area contributed by atoms with Gasteiger partial charge in [-0.1, -0.05) is 84.8 Å². The largest absolute Gasteiger partial charge is 0.508 e. The van der Waals surface area contributed by atoms with Crippen molar-refractivity contribution in [2.75, 3.05) is 0 Å². The zero-order valence-electron chi connectivity index (χ0n) is 14.5. The van der Waals surface area contributed by atoms with Crippen LogP contribution in [0.15, 0.2) is 18.2 Å². The maximum atomic E-state index is 9.98. The van der Waals surface area contributed by atoms with Crippen molar-refractivity contribution in [1.29, 1.82) is 0 Å². The number of phenols is 1. The van der Waals surface area contributed by atoms with Crippen molar-refractivity contribution >= 4 is 0 Å². The van der Waals surface area contributed by atoms with Gasteiger partial charge in [-0.2, -0.15) is 0 Å². The minimum absolute atomic E-state index is 0.0133. The summed E-state index contributed by atoms with van der Waals surface area (Å²) < 4.78 is 0. The second kappa shape index (κ2) is 9.12. The molecular formula is C20H34O. The van der Waals surface area contributed by atoms with Gasteiger partial charge in [0.25, 0.3) is 0 Å². The van der Waals surface area contributed by atoms with Crippen molar-refractivity contribution in [2.24, 2.45) is 0 Å². The Balaban J connectivity index is 2.30. The van der Waals surface area contributed by atoms with E-state index in [0.717, 1.165) is 12.0 Å². The molecule has 1 aromatic carbocycles. The van der Waals surface area contributed by atoms with E-state index in [4.69, 9.17) is 0 Å². The molecule has 0 bridgehead atoms. The smallest absolute Gasteiger partial charge is 0.119 e. The zero-order chi connectivity index (χ0) is 15.7. The highest BCUT2D eigenvalue weighted by atomic mass is 16.3. The highest BCUT2D eigenvalue weighted by molar-refractivity contribution is 5.40. The first-order valence-electron chi connectivity index (χ1n) is 8.77. The summed E-state index contributed by atoms with van der Waals surface area (Å²) in [5, 5.41) is 9.98. The molecule has 0 aliphatic heterocycles. The number of hydrogen-bond acceptors (Lipinski definition) is 1. The summed E-state index contributed by atoms with van der Waals surface area (Å²) >= 11 is 0. The Bertz CT molecular complexity index is 401. The topological polar surface area (TPSA) is 20.2 Å². The predicted molar refractivity (Wildman–Crippen MR) is 93.1 cm³/mol.